The average molecular weight is 301 g/mol. The van der Waals surface area contributed by atoms with Gasteiger partial charge in [-0.3, -0.25) is 4.79 Å². The monoisotopic (exact) mass is 301 g/mol. The molecule has 1 aromatic carbocycles. The molecule has 5 nitrogen and oxygen atoms in total. The number of likely N-dealkylation sites (N-methyl/N-ethyl adjacent to an activating group) is 1. The van der Waals surface area contributed by atoms with Gasteiger partial charge in [0.2, 0.25) is 0 Å². The second kappa shape index (κ2) is 7.22. The normalized spacial score (nSPS) is 12.4. The molecule has 2 rings (SSSR count). The highest BCUT2D eigenvalue weighted by molar-refractivity contribution is 5.93. The van der Waals surface area contributed by atoms with Crippen molar-refractivity contribution in [2.75, 3.05) is 20.6 Å². The topological polar surface area (TPSA) is 58.4 Å². The Hall–Kier alpha value is -2.14. The maximum atomic E-state index is 12.3. The van der Waals surface area contributed by atoms with Crippen LogP contribution in [0.15, 0.2) is 35.1 Å². The van der Waals surface area contributed by atoms with E-state index in [2.05, 4.69) is 40.3 Å². The van der Waals surface area contributed by atoms with Gasteiger partial charge in [-0.25, -0.2) is 4.98 Å². The highest BCUT2D eigenvalue weighted by atomic mass is 16.3. The Morgan fingerprint density at radius 1 is 1.41 bits per heavy atom. The molecule has 0 aliphatic rings. The van der Waals surface area contributed by atoms with Crippen molar-refractivity contribution < 1.29 is 9.21 Å². The van der Waals surface area contributed by atoms with Crippen molar-refractivity contribution in [1.82, 2.24) is 15.2 Å². The maximum absolute atomic E-state index is 12.3. The third-order valence-electron chi connectivity index (χ3n) is 3.68. The molecule has 1 heterocycles. The van der Waals surface area contributed by atoms with Gasteiger partial charge < -0.3 is 14.6 Å². The summed E-state index contributed by atoms with van der Waals surface area (Å²) in [5.41, 5.74) is 2.77. The zero-order valence-electron chi connectivity index (χ0n) is 13.6. The van der Waals surface area contributed by atoms with Crippen molar-refractivity contribution in [2.24, 2.45) is 0 Å². The van der Waals surface area contributed by atoms with Gasteiger partial charge in [-0.2, -0.15) is 0 Å². The lowest BCUT2D eigenvalue weighted by molar-refractivity contribution is 0.0935. The van der Waals surface area contributed by atoms with E-state index >= 15 is 0 Å². The van der Waals surface area contributed by atoms with Gasteiger partial charge in [0.1, 0.15) is 5.76 Å². The average Bonchev–Trinajstić information content (AvgIpc) is 2.95. The van der Waals surface area contributed by atoms with Crippen LogP contribution in [0.2, 0.25) is 0 Å². The molecule has 0 spiro atoms. The Bertz CT molecular complexity index is 634. The molecule has 1 unspecified atom stereocenters. The summed E-state index contributed by atoms with van der Waals surface area (Å²) >= 11 is 0. The van der Waals surface area contributed by atoms with Crippen LogP contribution in [0.1, 0.15) is 40.3 Å². The number of nitrogens with zero attached hydrogens (tertiary/aromatic N) is 2. The Morgan fingerprint density at radius 3 is 2.82 bits per heavy atom. The highest BCUT2D eigenvalue weighted by Crippen LogP contribution is 2.18. The van der Waals surface area contributed by atoms with Gasteiger partial charge in [0.25, 0.3) is 5.91 Å². The van der Waals surface area contributed by atoms with Gasteiger partial charge in [-0.15, -0.1) is 0 Å². The molecule has 22 heavy (non-hydrogen) atoms. The number of hydrogen-bond donors (Lipinski definition) is 1. The molecule has 0 saturated carbocycles. The summed E-state index contributed by atoms with van der Waals surface area (Å²) in [6.07, 6.45) is 1.97. The van der Waals surface area contributed by atoms with Crippen LogP contribution in [-0.4, -0.2) is 36.4 Å². The number of aryl methyl sites for hydroxylation is 2. The molecule has 1 N–H and O–H groups in total. The van der Waals surface area contributed by atoms with Crippen molar-refractivity contribution in [1.29, 1.82) is 0 Å². The summed E-state index contributed by atoms with van der Waals surface area (Å²) < 4.78 is 5.21. The molecule has 118 valence electrons. The number of carbonyl (C=O) groups is 1. The number of rotatable bonds is 6. The SMILES string of the molecule is CCc1ocnc1C(=O)NCC(c1cccc(C)c1)N(C)C. The van der Waals surface area contributed by atoms with Gasteiger partial charge in [-0.05, 0) is 26.6 Å². The largest absolute Gasteiger partial charge is 0.448 e. The first-order valence-electron chi connectivity index (χ1n) is 7.46. The minimum absolute atomic E-state index is 0.112. The third kappa shape index (κ3) is 3.74. The molecule has 1 atom stereocenters. The molecule has 5 heteroatoms. The van der Waals surface area contributed by atoms with Crippen LogP contribution in [0.5, 0.6) is 0 Å². The van der Waals surface area contributed by atoms with Crippen LogP contribution in [0, 0.1) is 6.92 Å². The Labute approximate surface area is 131 Å². The summed E-state index contributed by atoms with van der Waals surface area (Å²) in [4.78, 5) is 18.4. The fourth-order valence-corrected chi connectivity index (χ4v) is 2.46. The second-order valence-corrected chi connectivity index (χ2v) is 5.58. The summed E-state index contributed by atoms with van der Waals surface area (Å²) in [5, 5.41) is 2.96. The molecule has 0 bridgehead atoms. The van der Waals surface area contributed by atoms with Crippen molar-refractivity contribution in [3.63, 3.8) is 0 Å². The summed E-state index contributed by atoms with van der Waals surface area (Å²) in [6, 6.07) is 8.44. The molecule has 0 aliphatic carbocycles. The summed E-state index contributed by atoms with van der Waals surface area (Å²) in [5.74, 6) is 0.430. The number of nitrogens with one attached hydrogen (secondary N) is 1. The van der Waals surface area contributed by atoms with E-state index in [0.29, 0.717) is 24.4 Å². The lowest BCUT2D eigenvalue weighted by Gasteiger charge is -2.25. The van der Waals surface area contributed by atoms with Crippen molar-refractivity contribution in [2.45, 2.75) is 26.3 Å². The van der Waals surface area contributed by atoms with Gasteiger partial charge in [0, 0.05) is 13.0 Å². The summed E-state index contributed by atoms with van der Waals surface area (Å²) in [6.45, 7) is 4.52. The molecule has 0 aliphatic heterocycles. The molecule has 2 aromatic rings. The van der Waals surface area contributed by atoms with E-state index in [1.807, 2.05) is 27.1 Å². The fraction of sp³-hybridized carbons (Fsp3) is 0.412. The number of aromatic nitrogens is 1. The fourth-order valence-electron chi connectivity index (χ4n) is 2.46. The van der Waals surface area contributed by atoms with Crippen molar-refractivity contribution >= 4 is 5.91 Å². The zero-order valence-corrected chi connectivity index (χ0v) is 13.6. The Balaban J connectivity index is 2.08. The van der Waals surface area contributed by atoms with Crippen LogP contribution >= 0.6 is 0 Å². The van der Waals surface area contributed by atoms with Crippen LogP contribution in [0.3, 0.4) is 0 Å². The molecular formula is C17H23N3O2. The quantitative estimate of drug-likeness (QED) is 0.891. The van der Waals surface area contributed by atoms with Crippen LogP contribution in [0.25, 0.3) is 0 Å². The van der Waals surface area contributed by atoms with E-state index < -0.39 is 0 Å². The lowest BCUT2D eigenvalue weighted by Crippen LogP contribution is -2.35. The molecule has 1 amide bonds. The second-order valence-electron chi connectivity index (χ2n) is 5.58. The number of carbonyl (C=O) groups excluding carboxylic acids is 1. The van der Waals surface area contributed by atoms with Gasteiger partial charge in [-0.1, -0.05) is 36.8 Å². The predicted octanol–water partition coefficient (Wildman–Crippen LogP) is 2.58. The Morgan fingerprint density at radius 2 is 2.18 bits per heavy atom. The standard InChI is InChI=1S/C17H23N3O2/c1-5-15-16(19-11-22-15)17(21)18-10-14(20(3)4)13-8-6-7-12(2)9-13/h6-9,11,14H,5,10H2,1-4H3,(H,18,21). The zero-order chi connectivity index (χ0) is 16.1. The van der Waals surface area contributed by atoms with Crippen LogP contribution in [-0.2, 0) is 6.42 Å². The lowest BCUT2D eigenvalue weighted by atomic mass is 10.0. The third-order valence-corrected chi connectivity index (χ3v) is 3.68. The first-order chi connectivity index (χ1) is 10.5. The number of oxazole rings is 1. The highest BCUT2D eigenvalue weighted by Gasteiger charge is 2.19. The van der Waals surface area contributed by atoms with Crippen molar-refractivity contribution in [3.05, 3.63) is 53.2 Å². The number of benzene rings is 1. The van der Waals surface area contributed by atoms with E-state index in [0.717, 1.165) is 0 Å². The van der Waals surface area contributed by atoms with E-state index in [1.165, 1.54) is 17.5 Å². The van der Waals surface area contributed by atoms with Gasteiger partial charge in [0.15, 0.2) is 12.1 Å². The van der Waals surface area contributed by atoms with E-state index in [-0.39, 0.29) is 11.9 Å². The van der Waals surface area contributed by atoms with Crippen molar-refractivity contribution in [3.8, 4) is 0 Å². The molecule has 0 fully saturated rings. The van der Waals surface area contributed by atoms with Gasteiger partial charge in [0.05, 0.1) is 6.04 Å². The van der Waals surface area contributed by atoms with Crippen LogP contribution in [0.4, 0.5) is 0 Å². The maximum Gasteiger partial charge on any atom is 0.273 e. The van der Waals surface area contributed by atoms with E-state index in [9.17, 15) is 4.79 Å². The molecule has 0 saturated heterocycles. The Kier molecular flexibility index (Phi) is 5.33. The molecule has 1 aromatic heterocycles. The predicted molar refractivity (Wildman–Crippen MR) is 85.8 cm³/mol. The minimum atomic E-state index is -0.190. The van der Waals surface area contributed by atoms with Gasteiger partial charge >= 0.3 is 0 Å². The van der Waals surface area contributed by atoms with Crippen LogP contribution < -0.4 is 5.32 Å². The summed E-state index contributed by atoms with van der Waals surface area (Å²) in [7, 11) is 4.01. The number of amides is 1. The molecular weight excluding hydrogens is 278 g/mol. The molecule has 0 radical (unpaired) electrons. The van der Waals surface area contributed by atoms with E-state index in [4.69, 9.17) is 4.42 Å². The smallest absolute Gasteiger partial charge is 0.273 e. The number of hydrogen-bond acceptors (Lipinski definition) is 4. The van der Waals surface area contributed by atoms with E-state index in [1.54, 1.807) is 0 Å². The first-order valence-corrected chi connectivity index (χ1v) is 7.46. The first kappa shape index (κ1) is 16.2. The minimum Gasteiger partial charge on any atom is -0.448 e.